The van der Waals surface area contributed by atoms with Gasteiger partial charge in [0.15, 0.2) is 0 Å². The molecule has 2 unspecified atom stereocenters. The second-order valence-electron chi connectivity index (χ2n) is 8.62. The molecule has 3 rings (SSSR count). The average molecular weight is 392 g/mol. The Morgan fingerprint density at radius 1 is 1.26 bits per heavy atom. The molecule has 1 saturated carbocycles. The molecule has 2 amide bonds. The first-order valence-corrected chi connectivity index (χ1v) is 11.2. The van der Waals surface area contributed by atoms with E-state index in [1.54, 1.807) is 11.3 Å². The van der Waals surface area contributed by atoms with Crippen LogP contribution in [0.4, 0.5) is 0 Å². The normalized spacial score (nSPS) is 22.5. The standard InChI is InChI=1S/C21H33N3O2S/c1-13(2)10-18(21-22-14(3)15(4)27-21)23-20(26)16-11-19(25)24(12-16)17-8-6-5-7-9-17/h13,16-18H,5-12H2,1-4H3,(H,23,26). The van der Waals surface area contributed by atoms with E-state index in [0.717, 1.165) is 30.0 Å². The second kappa shape index (κ2) is 8.72. The summed E-state index contributed by atoms with van der Waals surface area (Å²) in [5.41, 5.74) is 1.04. The molecular formula is C21H33N3O2S. The van der Waals surface area contributed by atoms with E-state index in [0.29, 0.717) is 24.9 Å². The first-order valence-electron chi connectivity index (χ1n) is 10.4. The van der Waals surface area contributed by atoms with Gasteiger partial charge in [-0.15, -0.1) is 11.3 Å². The number of rotatable bonds is 6. The van der Waals surface area contributed by atoms with Crippen molar-refractivity contribution < 1.29 is 9.59 Å². The summed E-state index contributed by atoms with van der Waals surface area (Å²) in [5.74, 6) is 0.404. The third-order valence-electron chi connectivity index (χ3n) is 5.91. The van der Waals surface area contributed by atoms with Crippen LogP contribution < -0.4 is 5.32 Å². The third-order valence-corrected chi connectivity index (χ3v) is 7.10. The Kier molecular flexibility index (Phi) is 6.56. The zero-order valence-corrected chi connectivity index (χ0v) is 17.9. The molecule has 1 aliphatic heterocycles. The number of nitrogens with zero attached hydrogens (tertiary/aromatic N) is 2. The first-order chi connectivity index (χ1) is 12.8. The second-order valence-corrected chi connectivity index (χ2v) is 9.86. The van der Waals surface area contributed by atoms with E-state index in [9.17, 15) is 9.59 Å². The fourth-order valence-electron chi connectivity index (χ4n) is 4.28. The predicted molar refractivity (Wildman–Crippen MR) is 109 cm³/mol. The molecule has 0 bridgehead atoms. The van der Waals surface area contributed by atoms with E-state index < -0.39 is 0 Å². The zero-order valence-electron chi connectivity index (χ0n) is 17.1. The molecule has 0 radical (unpaired) electrons. The third kappa shape index (κ3) is 4.89. The topological polar surface area (TPSA) is 62.3 Å². The Morgan fingerprint density at radius 2 is 1.96 bits per heavy atom. The zero-order chi connectivity index (χ0) is 19.6. The summed E-state index contributed by atoms with van der Waals surface area (Å²) in [4.78, 5) is 33.3. The van der Waals surface area contributed by atoms with Crippen LogP contribution in [0.5, 0.6) is 0 Å². The van der Waals surface area contributed by atoms with Gasteiger partial charge >= 0.3 is 0 Å². The van der Waals surface area contributed by atoms with Gasteiger partial charge in [0, 0.05) is 23.9 Å². The summed E-state index contributed by atoms with van der Waals surface area (Å²) < 4.78 is 0. The molecule has 6 heteroatoms. The maximum Gasteiger partial charge on any atom is 0.225 e. The summed E-state index contributed by atoms with van der Waals surface area (Å²) in [6.45, 7) is 9.00. The number of likely N-dealkylation sites (tertiary alicyclic amines) is 1. The van der Waals surface area contributed by atoms with E-state index in [-0.39, 0.29) is 23.8 Å². The van der Waals surface area contributed by atoms with E-state index in [2.05, 4.69) is 31.1 Å². The van der Waals surface area contributed by atoms with Crippen molar-refractivity contribution in [1.82, 2.24) is 15.2 Å². The van der Waals surface area contributed by atoms with Crippen LogP contribution in [0.1, 0.15) is 80.4 Å². The van der Waals surface area contributed by atoms with Crippen molar-refractivity contribution >= 4 is 23.2 Å². The molecule has 150 valence electrons. The molecule has 0 spiro atoms. The maximum absolute atomic E-state index is 13.0. The SMILES string of the molecule is Cc1nc(C(CC(C)C)NC(=O)C2CC(=O)N(C3CCCCC3)C2)sc1C. The van der Waals surface area contributed by atoms with Crippen molar-refractivity contribution in [3.63, 3.8) is 0 Å². The van der Waals surface area contributed by atoms with E-state index >= 15 is 0 Å². The van der Waals surface area contributed by atoms with Crippen LogP contribution in [0.25, 0.3) is 0 Å². The summed E-state index contributed by atoms with van der Waals surface area (Å²) in [6.07, 6.45) is 7.07. The Hall–Kier alpha value is -1.43. The van der Waals surface area contributed by atoms with Crippen molar-refractivity contribution in [3.8, 4) is 0 Å². The molecule has 1 N–H and O–H groups in total. The van der Waals surface area contributed by atoms with E-state index in [4.69, 9.17) is 0 Å². The molecular weight excluding hydrogens is 358 g/mol. The molecule has 2 fully saturated rings. The highest BCUT2D eigenvalue weighted by molar-refractivity contribution is 7.11. The average Bonchev–Trinajstić information content (AvgIpc) is 3.17. The molecule has 2 heterocycles. The highest BCUT2D eigenvalue weighted by Gasteiger charge is 2.38. The van der Waals surface area contributed by atoms with Crippen LogP contribution in [-0.2, 0) is 9.59 Å². The lowest BCUT2D eigenvalue weighted by Crippen LogP contribution is -2.40. The van der Waals surface area contributed by atoms with Crippen LogP contribution >= 0.6 is 11.3 Å². The summed E-state index contributed by atoms with van der Waals surface area (Å²) in [7, 11) is 0. The van der Waals surface area contributed by atoms with Gasteiger partial charge in [-0.1, -0.05) is 33.1 Å². The molecule has 5 nitrogen and oxygen atoms in total. The van der Waals surface area contributed by atoms with Crippen LogP contribution in [0, 0.1) is 25.7 Å². The minimum absolute atomic E-state index is 0.0119. The van der Waals surface area contributed by atoms with Crippen molar-refractivity contribution in [2.45, 2.75) is 84.7 Å². The largest absolute Gasteiger partial charge is 0.347 e. The van der Waals surface area contributed by atoms with Gasteiger partial charge in [-0.3, -0.25) is 9.59 Å². The highest BCUT2D eigenvalue weighted by Crippen LogP contribution is 2.31. The monoisotopic (exact) mass is 391 g/mol. The van der Waals surface area contributed by atoms with Gasteiger partial charge in [0.05, 0.1) is 17.7 Å². The number of hydrogen-bond acceptors (Lipinski definition) is 4. The van der Waals surface area contributed by atoms with Crippen LogP contribution in [0.3, 0.4) is 0 Å². The van der Waals surface area contributed by atoms with Crippen molar-refractivity contribution in [2.75, 3.05) is 6.54 Å². The molecule has 0 aromatic carbocycles. The first kappa shape index (κ1) is 20.3. The van der Waals surface area contributed by atoms with Gasteiger partial charge in [0.2, 0.25) is 11.8 Å². The van der Waals surface area contributed by atoms with Crippen LogP contribution in [0.15, 0.2) is 0 Å². The lowest BCUT2D eigenvalue weighted by Gasteiger charge is -2.31. The van der Waals surface area contributed by atoms with Gasteiger partial charge < -0.3 is 10.2 Å². The molecule has 1 saturated heterocycles. The maximum atomic E-state index is 13.0. The quantitative estimate of drug-likeness (QED) is 0.792. The Balaban J connectivity index is 1.65. The van der Waals surface area contributed by atoms with Crippen LogP contribution in [-0.4, -0.2) is 34.3 Å². The number of hydrogen-bond donors (Lipinski definition) is 1. The molecule has 2 atom stereocenters. The van der Waals surface area contributed by atoms with Crippen molar-refractivity contribution in [2.24, 2.45) is 11.8 Å². The minimum Gasteiger partial charge on any atom is -0.347 e. The number of nitrogens with one attached hydrogen (secondary N) is 1. The number of carbonyl (C=O) groups is 2. The summed E-state index contributed by atoms with van der Waals surface area (Å²) in [6, 6.07) is 0.286. The van der Waals surface area contributed by atoms with Crippen molar-refractivity contribution in [1.29, 1.82) is 0 Å². The highest BCUT2D eigenvalue weighted by atomic mass is 32.1. The van der Waals surface area contributed by atoms with Crippen molar-refractivity contribution in [3.05, 3.63) is 15.6 Å². The van der Waals surface area contributed by atoms with Gasteiger partial charge in [0.1, 0.15) is 5.01 Å². The van der Waals surface area contributed by atoms with Crippen LogP contribution in [0.2, 0.25) is 0 Å². The Bertz CT molecular complexity index is 659. The molecule has 2 aliphatic rings. The fourth-order valence-corrected chi connectivity index (χ4v) is 5.27. The van der Waals surface area contributed by atoms with Gasteiger partial charge in [0.25, 0.3) is 0 Å². The van der Waals surface area contributed by atoms with Gasteiger partial charge in [-0.25, -0.2) is 4.98 Å². The minimum atomic E-state index is -0.226. The fraction of sp³-hybridized carbons (Fsp3) is 0.762. The lowest BCUT2D eigenvalue weighted by molar-refractivity contribution is -0.130. The smallest absolute Gasteiger partial charge is 0.225 e. The van der Waals surface area contributed by atoms with Gasteiger partial charge in [-0.2, -0.15) is 0 Å². The molecule has 1 aliphatic carbocycles. The molecule has 1 aromatic rings. The number of thiazole rings is 1. The Morgan fingerprint density at radius 3 is 2.56 bits per heavy atom. The summed E-state index contributed by atoms with van der Waals surface area (Å²) >= 11 is 1.67. The number of aryl methyl sites for hydroxylation is 2. The summed E-state index contributed by atoms with van der Waals surface area (Å²) in [5, 5.41) is 4.21. The molecule has 1 aromatic heterocycles. The van der Waals surface area contributed by atoms with Gasteiger partial charge in [-0.05, 0) is 39.0 Å². The number of carbonyl (C=O) groups excluding carboxylic acids is 2. The lowest BCUT2D eigenvalue weighted by atomic mass is 9.94. The molecule has 27 heavy (non-hydrogen) atoms. The predicted octanol–water partition coefficient (Wildman–Crippen LogP) is 4.14. The Labute approximate surface area is 166 Å². The number of amides is 2. The number of aromatic nitrogens is 1. The van der Waals surface area contributed by atoms with E-state index in [1.165, 1.54) is 24.1 Å². The van der Waals surface area contributed by atoms with E-state index in [1.807, 2.05) is 11.8 Å².